The fraction of sp³-hybridized carbons (Fsp3) is 0.400. The molecule has 1 aromatic rings. The van der Waals surface area contributed by atoms with Gasteiger partial charge < -0.3 is 14.6 Å². The maximum Gasteiger partial charge on any atom is 0.142 e. The van der Waals surface area contributed by atoms with Crippen LogP contribution in [0.2, 0.25) is 0 Å². The molecule has 0 unspecified atom stereocenters. The number of methoxy groups -OCH3 is 1. The van der Waals surface area contributed by atoms with Crippen LogP contribution in [0.3, 0.4) is 0 Å². The van der Waals surface area contributed by atoms with E-state index in [1.165, 1.54) is 6.08 Å². The predicted molar refractivity (Wildman–Crippen MR) is 73.1 cm³/mol. The van der Waals surface area contributed by atoms with Crippen molar-refractivity contribution in [2.45, 2.75) is 25.6 Å². The Morgan fingerprint density at radius 3 is 2.68 bits per heavy atom. The summed E-state index contributed by atoms with van der Waals surface area (Å²) in [6.07, 6.45) is 4.31. The van der Waals surface area contributed by atoms with E-state index in [2.05, 4.69) is 0 Å². The number of aliphatic hydroxyl groups excluding tert-OH is 1. The number of aldehydes is 1. The lowest BCUT2D eigenvalue weighted by molar-refractivity contribution is -0.104. The molecule has 0 aromatic heterocycles. The van der Waals surface area contributed by atoms with E-state index in [1.54, 1.807) is 13.2 Å². The minimum Gasteiger partial charge on any atom is -0.497 e. The van der Waals surface area contributed by atoms with Gasteiger partial charge in [0.1, 0.15) is 12.0 Å². The molecule has 0 amide bonds. The summed E-state index contributed by atoms with van der Waals surface area (Å²) in [5.74, 6) is 0.820. The van der Waals surface area contributed by atoms with Gasteiger partial charge in [-0.05, 0) is 36.6 Å². The zero-order chi connectivity index (χ0) is 13.9. The third-order valence-corrected chi connectivity index (χ3v) is 2.65. The molecule has 0 radical (unpaired) electrons. The van der Waals surface area contributed by atoms with Crippen molar-refractivity contribution in [1.82, 2.24) is 0 Å². The molecule has 0 fully saturated rings. The van der Waals surface area contributed by atoms with Crippen LogP contribution in [0.1, 0.15) is 18.4 Å². The highest BCUT2D eigenvalue weighted by Gasteiger charge is 2.01. The Morgan fingerprint density at radius 2 is 2.05 bits per heavy atom. The maximum absolute atomic E-state index is 10.0. The molecule has 4 heteroatoms. The Labute approximate surface area is 113 Å². The SMILES string of the molecule is COc1ccc(COCC[C@@H](O)C/C=C/C=O)cc1. The van der Waals surface area contributed by atoms with Crippen molar-refractivity contribution in [3.63, 3.8) is 0 Å². The van der Waals surface area contributed by atoms with Crippen LogP contribution in [0.15, 0.2) is 36.4 Å². The number of aliphatic hydroxyl groups is 1. The standard InChI is InChI=1S/C15H20O4/c1-18-15-7-5-13(6-8-15)12-19-11-9-14(17)4-2-3-10-16/h2-3,5-8,10,14,17H,4,9,11-12H2,1H3/b3-2+/t14-/m0/s1. The molecule has 0 saturated heterocycles. The van der Waals surface area contributed by atoms with Gasteiger partial charge in [0, 0.05) is 6.61 Å². The molecular formula is C15H20O4. The summed E-state index contributed by atoms with van der Waals surface area (Å²) in [5, 5.41) is 9.58. The number of rotatable bonds is 9. The minimum absolute atomic E-state index is 0.466. The van der Waals surface area contributed by atoms with Gasteiger partial charge >= 0.3 is 0 Å². The van der Waals surface area contributed by atoms with Crippen LogP contribution >= 0.6 is 0 Å². The van der Waals surface area contributed by atoms with Gasteiger partial charge in [-0.1, -0.05) is 18.2 Å². The summed E-state index contributed by atoms with van der Waals surface area (Å²) in [5.41, 5.74) is 1.07. The average molecular weight is 264 g/mol. The molecule has 0 heterocycles. The second-order valence-electron chi connectivity index (χ2n) is 4.14. The molecule has 0 aliphatic rings. The molecule has 0 bridgehead atoms. The number of carbonyl (C=O) groups excluding carboxylic acids is 1. The fourth-order valence-corrected chi connectivity index (χ4v) is 1.54. The van der Waals surface area contributed by atoms with Gasteiger partial charge in [-0.2, -0.15) is 0 Å². The normalized spacial score (nSPS) is 12.5. The molecule has 104 valence electrons. The molecule has 0 spiro atoms. The number of ether oxygens (including phenoxy) is 2. The fourth-order valence-electron chi connectivity index (χ4n) is 1.54. The number of hydrogen-bond donors (Lipinski definition) is 1. The topological polar surface area (TPSA) is 55.8 Å². The van der Waals surface area contributed by atoms with Crippen molar-refractivity contribution in [3.8, 4) is 5.75 Å². The zero-order valence-corrected chi connectivity index (χ0v) is 11.1. The van der Waals surface area contributed by atoms with Crippen LogP contribution in [0.25, 0.3) is 0 Å². The first-order chi connectivity index (χ1) is 9.26. The molecule has 0 saturated carbocycles. The van der Waals surface area contributed by atoms with Crippen LogP contribution < -0.4 is 4.74 Å². The predicted octanol–water partition coefficient (Wildman–Crippen LogP) is 2.11. The van der Waals surface area contributed by atoms with Crippen LogP contribution in [0, 0.1) is 0 Å². The number of hydrogen-bond acceptors (Lipinski definition) is 4. The molecule has 0 aliphatic heterocycles. The Hall–Kier alpha value is -1.65. The molecule has 1 rings (SSSR count). The Kier molecular flexibility index (Phi) is 7.54. The van der Waals surface area contributed by atoms with E-state index in [0.717, 1.165) is 11.3 Å². The first-order valence-electron chi connectivity index (χ1n) is 6.25. The van der Waals surface area contributed by atoms with Crippen molar-refractivity contribution < 1.29 is 19.4 Å². The van der Waals surface area contributed by atoms with E-state index >= 15 is 0 Å². The van der Waals surface area contributed by atoms with Crippen LogP contribution in [-0.2, 0) is 16.1 Å². The third kappa shape index (κ3) is 6.74. The number of allylic oxidation sites excluding steroid dienone is 1. The van der Waals surface area contributed by atoms with Gasteiger partial charge in [0.15, 0.2) is 0 Å². The van der Waals surface area contributed by atoms with Crippen molar-refractivity contribution in [1.29, 1.82) is 0 Å². The Bertz CT molecular complexity index is 384. The summed E-state index contributed by atoms with van der Waals surface area (Å²) >= 11 is 0. The summed E-state index contributed by atoms with van der Waals surface area (Å²) < 4.78 is 10.5. The molecule has 1 aromatic carbocycles. The Morgan fingerprint density at radius 1 is 1.32 bits per heavy atom. The van der Waals surface area contributed by atoms with Crippen LogP contribution in [0.5, 0.6) is 5.75 Å². The first-order valence-corrected chi connectivity index (χ1v) is 6.25. The quantitative estimate of drug-likeness (QED) is 0.421. The van der Waals surface area contributed by atoms with E-state index in [1.807, 2.05) is 24.3 Å². The van der Waals surface area contributed by atoms with Gasteiger partial charge in [0.25, 0.3) is 0 Å². The summed E-state index contributed by atoms with van der Waals surface area (Å²) in [6, 6.07) is 7.67. The van der Waals surface area contributed by atoms with Crippen molar-refractivity contribution in [2.24, 2.45) is 0 Å². The van der Waals surface area contributed by atoms with Crippen LogP contribution in [0.4, 0.5) is 0 Å². The van der Waals surface area contributed by atoms with E-state index in [-0.39, 0.29) is 0 Å². The number of benzene rings is 1. The van der Waals surface area contributed by atoms with Crippen molar-refractivity contribution in [3.05, 3.63) is 42.0 Å². The molecule has 0 aliphatic carbocycles. The summed E-state index contributed by atoms with van der Waals surface area (Å²) in [6.45, 7) is 1.00. The smallest absolute Gasteiger partial charge is 0.142 e. The molecule has 1 N–H and O–H groups in total. The van der Waals surface area contributed by atoms with Crippen molar-refractivity contribution in [2.75, 3.05) is 13.7 Å². The van der Waals surface area contributed by atoms with Gasteiger partial charge in [0.2, 0.25) is 0 Å². The van der Waals surface area contributed by atoms with E-state index in [9.17, 15) is 9.90 Å². The van der Waals surface area contributed by atoms with E-state index in [4.69, 9.17) is 9.47 Å². The lowest BCUT2D eigenvalue weighted by Gasteiger charge is -2.09. The van der Waals surface area contributed by atoms with Gasteiger partial charge in [0.05, 0.1) is 19.8 Å². The van der Waals surface area contributed by atoms with E-state index in [0.29, 0.717) is 32.3 Å². The second-order valence-corrected chi connectivity index (χ2v) is 4.14. The average Bonchev–Trinajstić information content (AvgIpc) is 2.44. The van der Waals surface area contributed by atoms with Gasteiger partial charge in [-0.3, -0.25) is 4.79 Å². The first kappa shape index (κ1) is 15.4. The highest BCUT2D eigenvalue weighted by atomic mass is 16.5. The minimum atomic E-state index is -0.466. The summed E-state index contributed by atoms with van der Waals surface area (Å²) in [7, 11) is 1.63. The summed E-state index contributed by atoms with van der Waals surface area (Å²) in [4.78, 5) is 10.0. The van der Waals surface area contributed by atoms with E-state index < -0.39 is 6.10 Å². The lowest BCUT2D eigenvalue weighted by Crippen LogP contribution is -2.09. The monoisotopic (exact) mass is 264 g/mol. The Balaban J connectivity index is 2.15. The second kappa shape index (κ2) is 9.30. The largest absolute Gasteiger partial charge is 0.497 e. The third-order valence-electron chi connectivity index (χ3n) is 2.65. The maximum atomic E-state index is 10.0. The van der Waals surface area contributed by atoms with Crippen LogP contribution in [-0.4, -0.2) is 31.2 Å². The molecule has 4 nitrogen and oxygen atoms in total. The van der Waals surface area contributed by atoms with Gasteiger partial charge in [-0.25, -0.2) is 0 Å². The highest BCUT2D eigenvalue weighted by Crippen LogP contribution is 2.12. The highest BCUT2D eigenvalue weighted by molar-refractivity contribution is 5.64. The van der Waals surface area contributed by atoms with Gasteiger partial charge in [-0.15, -0.1) is 0 Å². The molecular weight excluding hydrogens is 244 g/mol. The zero-order valence-electron chi connectivity index (χ0n) is 11.1. The number of carbonyl (C=O) groups is 1. The van der Waals surface area contributed by atoms with Crippen molar-refractivity contribution >= 4 is 6.29 Å². The molecule has 19 heavy (non-hydrogen) atoms. The molecule has 1 atom stereocenters. The lowest BCUT2D eigenvalue weighted by atomic mass is 10.2.